The molecule has 2 aromatic rings. The third-order valence-corrected chi connectivity index (χ3v) is 4.98. The lowest BCUT2D eigenvalue weighted by atomic mass is 9.65. The largest absolute Gasteiger partial charge is 0.427 e. The molecule has 0 N–H and O–H groups in total. The van der Waals surface area contributed by atoms with E-state index in [1.807, 2.05) is 12.1 Å². The molecular weight excluding hydrogens is 284 g/mol. The van der Waals surface area contributed by atoms with Crippen LogP contribution in [-0.2, 0) is 10.2 Å². The predicted octanol–water partition coefficient (Wildman–Crippen LogP) is 5.17. The van der Waals surface area contributed by atoms with E-state index >= 15 is 0 Å². The first-order valence-electron chi connectivity index (χ1n) is 8.46. The second kappa shape index (κ2) is 6.57. The molecule has 120 valence electrons. The predicted molar refractivity (Wildman–Crippen MR) is 92.8 cm³/mol. The normalized spacial score (nSPS) is 16.8. The van der Waals surface area contributed by atoms with Crippen LogP contribution in [0.2, 0.25) is 0 Å². The Labute approximate surface area is 138 Å². The van der Waals surface area contributed by atoms with Gasteiger partial charge in [-0.1, -0.05) is 61.2 Å². The van der Waals surface area contributed by atoms with Crippen LogP contribution in [0.15, 0.2) is 48.5 Å². The van der Waals surface area contributed by atoms with Gasteiger partial charge in [0.1, 0.15) is 5.75 Å². The first kappa shape index (κ1) is 15.8. The minimum atomic E-state index is -0.274. The average Bonchev–Trinajstić information content (AvgIpc) is 2.56. The molecule has 0 atom stereocenters. The van der Waals surface area contributed by atoms with E-state index in [1.54, 1.807) is 0 Å². The fourth-order valence-corrected chi connectivity index (χ4v) is 3.78. The Morgan fingerprint density at radius 1 is 0.870 bits per heavy atom. The Kier molecular flexibility index (Phi) is 4.51. The Morgan fingerprint density at radius 3 is 1.91 bits per heavy atom. The molecule has 0 heterocycles. The second-order valence-electron chi connectivity index (χ2n) is 6.63. The van der Waals surface area contributed by atoms with Crippen LogP contribution in [0.3, 0.4) is 0 Å². The summed E-state index contributed by atoms with van der Waals surface area (Å²) >= 11 is 0. The number of carbonyl (C=O) groups is 1. The molecule has 0 radical (unpaired) electrons. The molecule has 2 aromatic carbocycles. The second-order valence-corrected chi connectivity index (χ2v) is 6.63. The average molecular weight is 308 g/mol. The fraction of sp³-hybridized carbons (Fsp3) is 0.381. The van der Waals surface area contributed by atoms with E-state index in [2.05, 4.69) is 43.3 Å². The molecule has 0 bridgehead atoms. The van der Waals surface area contributed by atoms with Crippen molar-refractivity contribution in [1.29, 1.82) is 0 Å². The van der Waals surface area contributed by atoms with Crippen LogP contribution in [0.1, 0.15) is 55.7 Å². The number of hydrogen-bond acceptors (Lipinski definition) is 2. The number of benzene rings is 2. The lowest BCUT2D eigenvalue weighted by Gasteiger charge is -2.38. The zero-order valence-corrected chi connectivity index (χ0v) is 14.0. The SMILES string of the molecule is CC(=O)Oc1ccc(C2(c3ccc(C)cc3)CCCCC2)cc1. The number of ether oxygens (including phenoxy) is 1. The minimum absolute atomic E-state index is 0.0979. The van der Waals surface area contributed by atoms with Gasteiger partial charge in [0.2, 0.25) is 0 Å². The Hall–Kier alpha value is -2.09. The molecule has 0 aliphatic heterocycles. The first-order chi connectivity index (χ1) is 11.1. The summed E-state index contributed by atoms with van der Waals surface area (Å²) in [7, 11) is 0. The number of carbonyl (C=O) groups excluding carboxylic acids is 1. The van der Waals surface area contributed by atoms with Gasteiger partial charge in [-0.15, -0.1) is 0 Å². The number of hydrogen-bond donors (Lipinski definition) is 0. The van der Waals surface area contributed by atoms with Crippen LogP contribution in [0.5, 0.6) is 5.75 Å². The molecule has 2 nitrogen and oxygen atoms in total. The third kappa shape index (κ3) is 3.31. The number of aryl methyl sites for hydroxylation is 1. The van der Waals surface area contributed by atoms with Gasteiger partial charge in [0.05, 0.1) is 0 Å². The molecule has 3 rings (SSSR count). The molecule has 1 fully saturated rings. The maximum Gasteiger partial charge on any atom is 0.308 e. The van der Waals surface area contributed by atoms with E-state index in [1.165, 1.54) is 55.7 Å². The van der Waals surface area contributed by atoms with Crippen molar-refractivity contribution in [2.24, 2.45) is 0 Å². The van der Waals surface area contributed by atoms with Crippen LogP contribution < -0.4 is 4.74 Å². The van der Waals surface area contributed by atoms with Crippen molar-refractivity contribution in [3.05, 3.63) is 65.2 Å². The zero-order chi connectivity index (χ0) is 16.3. The van der Waals surface area contributed by atoms with Gasteiger partial charge in [-0.05, 0) is 43.0 Å². The van der Waals surface area contributed by atoms with Gasteiger partial charge < -0.3 is 4.74 Å². The number of rotatable bonds is 3. The van der Waals surface area contributed by atoms with E-state index in [-0.39, 0.29) is 11.4 Å². The van der Waals surface area contributed by atoms with Crippen LogP contribution in [-0.4, -0.2) is 5.97 Å². The zero-order valence-electron chi connectivity index (χ0n) is 14.0. The van der Waals surface area contributed by atoms with Gasteiger partial charge in [0, 0.05) is 12.3 Å². The van der Waals surface area contributed by atoms with Crippen molar-refractivity contribution < 1.29 is 9.53 Å². The van der Waals surface area contributed by atoms with Crippen LogP contribution >= 0.6 is 0 Å². The fourth-order valence-electron chi connectivity index (χ4n) is 3.78. The molecule has 23 heavy (non-hydrogen) atoms. The van der Waals surface area contributed by atoms with Crippen molar-refractivity contribution >= 4 is 5.97 Å². The Bertz CT molecular complexity index is 662. The first-order valence-corrected chi connectivity index (χ1v) is 8.46. The van der Waals surface area contributed by atoms with Crippen molar-refractivity contribution in [3.8, 4) is 5.75 Å². The van der Waals surface area contributed by atoms with Gasteiger partial charge in [-0.2, -0.15) is 0 Å². The van der Waals surface area contributed by atoms with Gasteiger partial charge in [-0.25, -0.2) is 0 Å². The van der Waals surface area contributed by atoms with E-state index in [4.69, 9.17) is 4.74 Å². The molecule has 0 spiro atoms. The van der Waals surface area contributed by atoms with Gasteiger partial charge in [-0.3, -0.25) is 4.79 Å². The lowest BCUT2D eigenvalue weighted by molar-refractivity contribution is -0.131. The Balaban J connectivity index is 1.98. The van der Waals surface area contributed by atoms with Gasteiger partial charge in [0.15, 0.2) is 0 Å². The standard InChI is InChI=1S/C21H24O2/c1-16-6-8-18(9-7-16)21(14-4-3-5-15-21)19-10-12-20(13-11-19)23-17(2)22/h6-13H,3-5,14-15H2,1-2H3. The topological polar surface area (TPSA) is 26.3 Å². The lowest BCUT2D eigenvalue weighted by Crippen LogP contribution is -2.30. The maximum atomic E-state index is 11.1. The minimum Gasteiger partial charge on any atom is -0.427 e. The van der Waals surface area contributed by atoms with Gasteiger partial charge >= 0.3 is 5.97 Å². The third-order valence-electron chi connectivity index (χ3n) is 4.98. The van der Waals surface area contributed by atoms with Crippen molar-refractivity contribution in [2.75, 3.05) is 0 Å². The van der Waals surface area contributed by atoms with E-state index in [0.717, 1.165) is 0 Å². The van der Waals surface area contributed by atoms with Gasteiger partial charge in [0.25, 0.3) is 0 Å². The summed E-state index contributed by atoms with van der Waals surface area (Å²) in [6.45, 7) is 3.56. The molecular formula is C21H24O2. The summed E-state index contributed by atoms with van der Waals surface area (Å²) in [5.41, 5.74) is 4.13. The summed E-state index contributed by atoms with van der Waals surface area (Å²) in [5.74, 6) is 0.347. The molecule has 0 aromatic heterocycles. The molecule has 1 aliphatic carbocycles. The van der Waals surface area contributed by atoms with E-state index in [0.29, 0.717) is 5.75 Å². The highest BCUT2D eigenvalue weighted by molar-refractivity contribution is 5.69. The van der Waals surface area contributed by atoms with Crippen molar-refractivity contribution in [1.82, 2.24) is 0 Å². The molecule has 0 amide bonds. The van der Waals surface area contributed by atoms with Crippen LogP contribution in [0.4, 0.5) is 0 Å². The Morgan fingerprint density at radius 2 is 1.39 bits per heavy atom. The molecule has 0 unspecified atom stereocenters. The summed E-state index contributed by atoms with van der Waals surface area (Å²) in [5, 5.41) is 0. The number of esters is 1. The maximum absolute atomic E-state index is 11.1. The summed E-state index contributed by atoms with van der Waals surface area (Å²) in [4.78, 5) is 11.1. The summed E-state index contributed by atoms with van der Waals surface area (Å²) in [6.07, 6.45) is 6.21. The summed E-state index contributed by atoms with van der Waals surface area (Å²) in [6, 6.07) is 17.1. The highest BCUT2D eigenvalue weighted by Gasteiger charge is 2.35. The monoisotopic (exact) mass is 308 g/mol. The molecule has 2 heteroatoms. The highest BCUT2D eigenvalue weighted by Crippen LogP contribution is 2.45. The van der Waals surface area contributed by atoms with Crippen LogP contribution in [0.25, 0.3) is 0 Å². The van der Waals surface area contributed by atoms with E-state index < -0.39 is 0 Å². The van der Waals surface area contributed by atoms with Crippen molar-refractivity contribution in [3.63, 3.8) is 0 Å². The molecule has 0 saturated heterocycles. The quantitative estimate of drug-likeness (QED) is 0.577. The van der Waals surface area contributed by atoms with E-state index in [9.17, 15) is 4.79 Å². The highest BCUT2D eigenvalue weighted by atomic mass is 16.5. The smallest absolute Gasteiger partial charge is 0.308 e. The summed E-state index contributed by atoms with van der Waals surface area (Å²) < 4.78 is 5.17. The molecule has 1 saturated carbocycles. The molecule has 1 aliphatic rings. The van der Waals surface area contributed by atoms with Crippen LogP contribution in [0, 0.1) is 6.92 Å². The van der Waals surface area contributed by atoms with Crippen molar-refractivity contribution in [2.45, 2.75) is 51.4 Å².